The van der Waals surface area contributed by atoms with Crippen molar-refractivity contribution in [3.05, 3.63) is 0 Å². The molecular formula is C9H15NO. The molecule has 1 saturated carbocycles. The van der Waals surface area contributed by atoms with Crippen LogP contribution in [0.4, 0.5) is 0 Å². The van der Waals surface area contributed by atoms with Crippen molar-refractivity contribution in [3.63, 3.8) is 0 Å². The van der Waals surface area contributed by atoms with Gasteiger partial charge in [0.1, 0.15) is 5.78 Å². The van der Waals surface area contributed by atoms with Crippen LogP contribution in [0.1, 0.15) is 26.2 Å². The fourth-order valence-corrected chi connectivity index (χ4v) is 2.35. The second kappa shape index (κ2) is 2.31. The summed E-state index contributed by atoms with van der Waals surface area (Å²) in [5.74, 6) is 1.08. The molecule has 2 aliphatic rings. The lowest BCUT2D eigenvalue weighted by Crippen LogP contribution is -2.11. The third-order valence-corrected chi connectivity index (χ3v) is 3.17. The highest BCUT2D eigenvalue weighted by Gasteiger charge is 2.54. The van der Waals surface area contributed by atoms with E-state index >= 15 is 0 Å². The van der Waals surface area contributed by atoms with Crippen molar-refractivity contribution >= 4 is 5.78 Å². The van der Waals surface area contributed by atoms with Crippen LogP contribution in [0.25, 0.3) is 0 Å². The maximum atomic E-state index is 10.8. The highest BCUT2D eigenvalue weighted by Crippen LogP contribution is 2.58. The van der Waals surface area contributed by atoms with Crippen molar-refractivity contribution in [2.45, 2.75) is 26.2 Å². The summed E-state index contributed by atoms with van der Waals surface area (Å²) in [5, 5.41) is 3.37. The number of hydrogen-bond acceptors (Lipinski definition) is 2. The van der Waals surface area contributed by atoms with Gasteiger partial charge in [-0.05, 0) is 37.6 Å². The van der Waals surface area contributed by atoms with E-state index in [1.807, 2.05) is 0 Å². The van der Waals surface area contributed by atoms with Gasteiger partial charge in [0.25, 0.3) is 0 Å². The van der Waals surface area contributed by atoms with E-state index in [0.29, 0.717) is 11.2 Å². The number of carbonyl (C=O) groups is 1. The van der Waals surface area contributed by atoms with Crippen LogP contribution >= 0.6 is 0 Å². The molecule has 0 amide bonds. The first-order valence-corrected chi connectivity index (χ1v) is 4.43. The molecule has 2 atom stereocenters. The average molecular weight is 153 g/mol. The molecule has 1 N–H and O–H groups in total. The third kappa shape index (κ3) is 1.20. The predicted molar refractivity (Wildman–Crippen MR) is 43.3 cm³/mol. The molecule has 2 fully saturated rings. The monoisotopic (exact) mass is 153 g/mol. The molecule has 2 heteroatoms. The van der Waals surface area contributed by atoms with Gasteiger partial charge in [0.2, 0.25) is 0 Å². The van der Waals surface area contributed by atoms with Crippen molar-refractivity contribution in [3.8, 4) is 0 Å². The summed E-state index contributed by atoms with van der Waals surface area (Å²) < 4.78 is 0. The molecule has 11 heavy (non-hydrogen) atoms. The smallest absolute Gasteiger partial charge is 0.130 e. The van der Waals surface area contributed by atoms with Crippen molar-refractivity contribution in [2.24, 2.45) is 11.3 Å². The topological polar surface area (TPSA) is 29.1 Å². The fraction of sp³-hybridized carbons (Fsp3) is 0.889. The number of hydrogen-bond donors (Lipinski definition) is 1. The second-order valence-corrected chi connectivity index (χ2v) is 4.10. The standard InChI is InChI=1S/C9H15NO/c1-7(11)4-8-5-9(8)2-3-10-6-9/h8,10H,2-6H2,1H3. The molecule has 0 aromatic heterocycles. The first-order chi connectivity index (χ1) is 5.23. The maximum absolute atomic E-state index is 10.8. The summed E-state index contributed by atoms with van der Waals surface area (Å²) in [5.41, 5.74) is 0.561. The minimum absolute atomic E-state index is 0.360. The lowest BCUT2D eigenvalue weighted by molar-refractivity contribution is -0.117. The molecule has 2 unspecified atom stereocenters. The molecule has 1 aliphatic heterocycles. The Hall–Kier alpha value is -0.370. The Kier molecular flexibility index (Phi) is 1.53. The first-order valence-electron chi connectivity index (χ1n) is 4.43. The molecule has 1 heterocycles. The van der Waals surface area contributed by atoms with Gasteiger partial charge in [-0.15, -0.1) is 0 Å². The summed E-state index contributed by atoms with van der Waals surface area (Å²) in [7, 11) is 0. The van der Waals surface area contributed by atoms with Crippen LogP contribution < -0.4 is 5.32 Å². The van der Waals surface area contributed by atoms with E-state index in [0.717, 1.165) is 25.4 Å². The Morgan fingerprint density at radius 3 is 3.09 bits per heavy atom. The molecule has 1 aliphatic carbocycles. The van der Waals surface area contributed by atoms with Gasteiger partial charge in [0.05, 0.1) is 0 Å². The zero-order valence-electron chi connectivity index (χ0n) is 7.02. The van der Waals surface area contributed by atoms with Gasteiger partial charge < -0.3 is 10.1 Å². The largest absolute Gasteiger partial charge is 0.316 e. The third-order valence-electron chi connectivity index (χ3n) is 3.17. The van der Waals surface area contributed by atoms with E-state index in [9.17, 15) is 4.79 Å². The molecule has 0 radical (unpaired) electrons. The summed E-state index contributed by atoms with van der Waals surface area (Å²) in [6, 6.07) is 0. The zero-order chi connectivity index (χ0) is 7.90. The number of ketones is 1. The van der Waals surface area contributed by atoms with E-state index in [2.05, 4.69) is 5.32 Å². The molecule has 0 bridgehead atoms. The van der Waals surface area contributed by atoms with Gasteiger partial charge in [-0.3, -0.25) is 0 Å². The first kappa shape index (κ1) is 7.29. The second-order valence-electron chi connectivity index (χ2n) is 4.10. The average Bonchev–Trinajstić information content (AvgIpc) is 2.43. The minimum Gasteiger partial charge on any atom is -0.316 e. The summed E-state index contributed by atoms with van der Waals surface area (Å²) in [6.07, 6.45) is 3.41. The van der Waals surface area contributed by atoms with E-state index < -0.39 is 0 Å². The van der Waals surface area contributed by atoms with Crippen LogP contribution in [0, 0.1) is 11.3 Å². The Morgan fingerprint density at radius 2 is 2.55 bits per heavy atom. The van der Waals surface area contributed by atoms with Crippen LogP contribution in [0.3, 0.4) is 0 Å². The number of nitrogens with one attached hydrogen (secondary N) is 1. The van der Waals surface area contributed by atoms with Crippen LogP contribution in [0.2, 0.25) is 0 Å². The fourth-order valence-electron chi connectivity index (χ4n) is 2.35. The zero-order valence-corrected chi connectivity index (χ0v) is 7.02. The van der Waals surface area contributed by atoms with E-state index in [1.54, 1.807) is 6.92 Å². The van der Waals surface area contributed by atoms with Gasteiger partial charge in [-0.25, -0.2) is 0 Å². The predicted octanol–water partition coefficient (Wildman–Crippen LogP) is 0.965. The highest BCUT2D eigenvalue weighted by molar-refractivity contribution is 5.76. The van der Waals surface area contributed by atoms with Crippen molar-refractivity contribution in [2.75, 3.05) is 13.1 Å². The summed E-state index contributed by atoms with van der Waals surface area (Å²) >= 11 is 0. The molecular weight excluding hydrogens is 138 g/mol. The van der Waals surface area contributed by atoms with Gasteiger partial charge in [-0.1, -0.05) is 0 Å². The van der Waals surface area contributed by atoms with Crippen molar-refractivity contribution in [1.29, 1.82) is 0 Å². The maximum Gasteiger partial charge on any atom is 0.130 e. The lowest BCUT2D eigenvalue weighted by atomic mass is 10.0. The van der Waals surface area contributed by atoms with Crippen molar-refractivity contribution in [1.82, 2.24) is 5.32 Å². The Morgan fingerprint density at radius 1 is 1.73 bits per heavy atom. The van der Waals surface area contributed by atoms with Crippen LogP contribution in [0.15, 0.2) is 0 Å². The van der Waals surface area contributed by atoms with Crippen LogP contribution in [0.5, 0.6) is 0 Å². The summed E-state index contributed by atoms with van der Waals surface area (Å²) in [4.78, 5) is 10.8. The quantitative estimate of drug-likeness (QED) is 0.640. The van der Waals surface area contributed by atoms with Gasteiger partial charge >= 0.3 is 0 Å². The molecule has 1 spiro atoms. The normalized spacial score (nSPS) is 41.4. The highest BCUT2D eigenvalue weighted by atomic mass is 16.1. The molecule has 0 aromatic carbocycles. The SMILES string of the molecule is CC(=O)CC1CC12CCNC2. The minimum atomic E-state index is 0.360. The Bertz CT molecular complexity index is 182. The van der Waals surface area contributed by atoms with Crippen LogP contribution in [-0.4, -0.2) is 18.9 Å². The lowest BCUT2D eigenvalue weighted by Gasteiger charge is -2.04. The van der Waals surface area contributed by atoms with Gasteiger partial charge in [0.15, 0.2) is 0 Å². The molecule has 2 rings (SSSR count). The molecule has 2 nitrogen and oxygen atoms in total. The van der Waals surface area contributed by atoms with E-state index in [1.165, 1.54) is 12.8 Å². The number of Topliss-reactive ketones (excluding diaryl/α,β-unsaturated/α-hetero) is 1. The van der Waals surface area contributed by atoms with Gasteiger partial charge in [0, 0.05) is 13.0 Å². The van der Waals surface area contributed by atoms with Crippen LogP contribution in [-0.2, 0) is 4.79 Å². The number of rotatable bonds is 2. The Balaban J connectivity index is 1.88. The Labute approximate surface area is 67.4 Å². The molecule has 0 aromatic rings. The van der Waals surface area contributed by atoms with E-state index in [-0.39, 0.29) is 0 Å². The number of carbonyl (C=O) groups excluding carboxylic acids is 1. The van der Waals surface area contributed by atoms with Gasteiger partial charge in [-0.2, -0.15) is 0 Å². The summed E-state index contributed by atoms with van der Waals surface area (Å²) in [6.45, 7) is 4.02. The molecule has 1 saturated heterocycles. The van der Waals surface area contributed by atoms with E-state index in [4.69, 9.17) is 0 Å². The van der Waals surface area contributed by atoms with Crippen molar-refractivity contribution < 1.29 is 4.79 Å². The molecule has 62 valence electrons.